The van der Waals surface area contributed by atoms with Crippen molar-refractivity contribution < 1.29 is 4.79 Å². The van der Waals surface area contributed by atoms with Crippen molar-refractivity contribution in [3.05, 3.63) is 29.6 Å². The van der Waals surface area contributed by atoms with Gasteiger partial charge in [0.1, 0.15) is 0 Å². The maximum absolute atomic E-state index is 12.1. The van der Waals surface area contributed by atoms with Gasteiger partial charge in [-0.1, -0.05) is 6.07 Å². The molecule has 1 saturated heterocycles. The zero-order chi connectivity index (χ0) is 12.3. The van der Waals surface area contributed by atoms with Gasteiger partial charge in [0, 0.05) is 12.7 Å². The third-order valence-corrected chi connectivity index (χ3v) is 3.45. The first kappa shape index (κ1) is 18.2. The molecule has 1 aliphatic rings. The zero-order valence-corrected chi connectivity index (χ0v) is 12.9. The molecule has 1 amide bonds. The van der Waals surface area contributed by atoms with Crippen molar-refractivity contribution in [1.82, 2.24) is 15.6 Å². The highest BCUT2D eigenvalue weighted by Crippen LogP contribution is 2.24. The van der Waals surface area contributed by atoms with E-state index in [1.807, 2.05) is 26.0 Å². The maximum Gasteiger partial charge on any atom is 0.227 e. The van der Waals surface area contributed by atoms with Crippen LogP contribution in [0.3, 0.4) is 0 Å². The van der Waals surface area contributed by atoms with Crippen LogP contribution >= 0.6 is 24.8 Å². The van der Waals surface area contributed by atoms with Gasteiger partial charge in [-0.05, 0) is 38.4 Å². The van der Waals surface area contributed by atoms with E-state index in [0.717, 1.165) is 30.8 Å². The molecular weight excluding hydrogens is 285 g/mol. The first-order chi connectivity index (χ1) is 8.12. The first-order valence-electron chi connectivity index (χ1n) is 6.01. The highest BCUT2D eigenvalue weighted by molar-refractivity contribution is 5.85. The lowest BCUT2D eigenvalue weighted by molar-refractivity contribution is -0.129. The van der Waals surface area contributed by atoms with Crippen LogP contribution in [0.4, 0.5) is 0 Å². The van der Waals surface area contributed by atoms with Gasteiger partial charge < -0.3 is 10.6 Å². The van der Waals surface area contributed by atoms with Crippen LogP contribution < -0.4 is 10.6 Å². The van der Waals surface area contributed by atoms with Crippen molar-refractivity contribution in [3.63, 3.8) is 0 Å². The number of rotatable bonds is 3. The minimum absolute atomic E-state index is 0. The summed E-state index contributed by atoms with van der Waals surface area (Å²) in [7, 11) is 0. The Hall–Kier alpha value is -0.840. The van der Waals surface area contributed by atoms with E-state index < -0.39 is 0 Å². The number of nitrogens with zero attached hydrogens (tertiary/aromatic N) is 1. The van der Waals surface area contributed by atoms with Gasteiger partial charge in [0.2, 0.25) is 5.91 Å². The lowest BCUT2D eigenvalue weighted by atomic mass is 9.89. The summed E-state index contributed by atoms with van der Waals surface area (Å²) in [5.74, 6) is 0.118. The quantitative estimate of drug-likeness (QED) is 0.896. The van der Waals surface area contributed by atoms with Gasteiger partial charge in [0.15, 0.2) is 0 Å². The Morgan fingerprint density at radius 3 is 2.84 bits per heavy atom. The number of aromatic nitrogens is 1. The molecule has 0 aliphatic carbocycles. The number of halogens is 2. The molecule has 0 radical (unpaired) electrons. The lowest BCUT2D eigenvalue weighted by Crippen LogP contribution is -2.40. The summed E-state index contributed by atoms with van der Waals surface area (Å²) in [5.41, 5.74) is 1.79. The van der Waals surface area contributed by atoms with Crippen molar-refractivity contribution in [1.29, 1.82) is 0 Å². The fraction of sp³-hybridized carbons (Fsp3) is 0.538. The number of pyridine rings is 1. The number of nitrogens with one attached hydrogen (secondary N) is 2. The Labute approximate surface area is 126 Å². The first-order valence-corrected chi connectivity index (χ1v) is 6.01. The SMILES string of the molecule is Cc1cccnc1CNC(=O)C1(C)CCNC1.Cl.Cl. The van der Waals surface area contributed by atoms with Crippen molar-refractivity contribution in [2.24, 2.45) is 5.41 Å². The predicted octanol–water partition coefficient (Wildman–Crippen LogP) is 1.85. The molecule has 19 heavy (non-hydrogen) atoms. The van der Waals surface area contributed by atoms with Gasteiger partial charge in [-0.25, -0.2) is 0 Å². The highest BCUT2D eigenvalue weighted by atomic mass is 35.5. The van der Waals surface area contributed by atoms with E-state index in [1.165, 1.54) is 0 Å². The van der Waals surface area contributed by atoms with Crippen LogP contribution in [0.1, 0.15) is 24.6 Å². The molecule has 2 heterocycles. The van der Waals surface area contributed by atoms with E-state index in [2.05, 4.69) is 15.6 Å². The summed E-state index contributed by atoms with van der Waals surface area (Å²) in [6.07, 6.45) is 2.66. The van der Waals surface area contributed by atoms with Crippen molar-refractivity contribution >= 4 is 30.7 Å². The summed E-state index contributed by atoms with van der Waals surface area (Å²) in [4.78, 5) is 16.3. The molecule has 2 N–H and O–H groups in total. The standard InChI is InChI=1S/C13H19N3O.2ClH/c1-10-4-3-6-15-11(10)8-16-12(17)13(2)5-7-14-9-13;;/h3-4,6,14H,5,7-9H2,1-2H3,(H,16,17);2*1H. The average molecular weight is 306 g/mol. The van der Waals surface area contributed by atoms with Crippen LogP contribution in [0.15, 0.2) is 18.3 Å². The largest absolute Gasteiger partial charge is 0.350 e. The molecule has 1 aromatic rings. The van der Waals surface area contributed by atoms with E-state index in [-0.39, 0.29) is 36.1 Å². The smallest absolute Gasteiger partial charge is 0.227 e. The van der Waals surface area contributed by atoms with Crippen LogP contribution in [0.2, 0.25) is 0 Å². The third kappa shape index (κ3) is 4.34. The summed E-state index contributed by atoms with van der Waals surface area (Å²) in [6.45, 7) is 6.22. The second kappa shape index (κ2) is 7.68. The minimum atomic E-state index is -0.261. The molecule has 0 spiro atoms. The van der Waals surface area contributed by atoms with Gasteiger partial charge in [-0.2, -0.15) is 0 Å². The van der Waals surface area contributed by atoms with E-state index in [9.17, 15) is 4.79 Å². The second-order valence-corrected chi connectivity index (χ2v) is 4.94. The number of carbonyl (C=O) groups excluding carboxylic acids is 1. The molecule has 4 nitrogen and oxygen atoms in total. The molecule has 1 aromatic heterocycles. The van der Waals surface area contributed by atoms with Crippen molar-refractivity contribution in [2.45, 2.75) is 26.8 Å². The van der Waals surface area contributed by atoms with Crippen molar-refractivity contribution in [3.8, 4) is 0 Å². The Kier molecular flexibility index (Phi) is 7.34. The Morgan fingerprint density at radius 1 is 1.53 bits per heavy atom. The molecule has 1 unspecified atom stereocenters. The predicted molar refractivity (Wildman–Crippen MR) is 80.9 cm³/mol. The molecule has 108 valence electrons. The van der Waals surface area contributed by atoms with Crippen molar-refractivity contribution in [2.75, 3.05) is 13.1 Å². The number of amides is 1. The monoisotopic (exact) mass is 305 g/mol. The fourth-order valence-electron chi connectivity index (χ4n) is 2.09. The van der Waals surface area contributed by atoms with Gasteiger partial charge in [0.25, 0.3) is 0 Å². The Morgan fingerprint density at radius 2 is 2.26 bits per heavy atom. The van der Waals surface area contributed by atoms with Crippen LogP contribution in [-0.4, -0.2) is 24.0 Å². The maximum atomic E-state index is 12.1. The number of hydrogen-bond donors (Lipinski definition) is 2. The highest BCUT2D eigenvalue weighted by Gasteiger charge is 2.35. The van der Waals surface area contributed by atoms with Crippen LogP contribution in [0, 0.1) is 12.3 Å². The molecule has 0 saturated carbocycles. The van der Waals surface area contributed by atoms with Gasteiger partial charge in [0.05, 0.1) is 17.7 Å². The van der Waals surface area contributed by atoms with Gasteiger partial charge in [-0.3, -0.25) is 9.78 Å². The van der Waals surface area contributed by atoms with Gasteiger partial charge >= 0.3 is 0 Å². The van der Waals surface area contributed by atoms with Crippen LogP contribution in [0.5, 0.6) is 0 Å². The summed E-state index contributed by atoms with van der Waals surface area (Å²) < 4.78 is 0. The number of carbonyl (C=O) groups is 1. The lowest BCUT2D eigenvalue weighted by Gasteiger charge is -2.21. The summed E-state index contributed by atoms with van der Waals surface area (Å²) in [6, 6.07) is 3.91. The van der Waals surface area contributed by atoms with E-state index >= 15 is 0 Å². The fourth-order valence-corrected chi connectivity index (χ4v) is 2.09. The summed E-state index contributed by atoms with van der Waals surface area (Å²) in [5, 5.41) is 6.21. The van der Waals surface area contributed by atoms with Gasteiger partial charge in [-0.15, -0.1) is 24.8 Å². The molecule has 0 bridgehead atoms. The molecule has 1 aliphatic heterocycles. The molecule has 1 atom stereocenters. The molecule has 0 aromatic carbocycles. The van der Waals surface area contributed by atoms with E-state index in [1.54, 1.807) is 6.20 Å². The molecular formula is C13H21Cl2N3O. The van der Waals surface area contributed by atoms with Crippen LogP contribution in [-0.2, 0) is 11.3 Å². The van der Waals surface area contributed by atoms with E-state index in [4.69, 9.17) is 0 Å². The topological polar surface area (TPSA) is 54.0 Å². The second-order valence-electron chi connectivity index (χ2n) is 4.94. The Bertz CT molecular complexity index is 420. The third-order valence-electron chi connectivity index (χ3n) is 3.45. The number of aryl methyl sites for hydroxylation is 1. The molecule has 2 rings (SSSR count). The van der Waals surface area contributed by atoms with Crippen LogP contribution in [0.25, 0.3) is 0 Å². The molecule has 6 heteroatoms. The Balaban J connectivity index is 0.00000162. The summed E-state index contributed by atoms with van der Waals surface area (Å²) >= 11 is 0. The zero-order valence-electron chi connectivity index (χ0n) is 11.2. The van der Waals surface area contributed by atoms with E-state index in [0.29, 0.717) is 6.54 Å². The molecule has 1 fully saturated rings. The average Bonchev–Trinajstić information content (AvgIpc) is 2.76. The number of hydrogen-bond acceptors (Lipinski definition) is 3. The minimum Gasteiger partial charge on any atom is -0.350 e. The normalized spacial score (nSPS) is 21.2.